The van der Waals surface area contributed by atoms with Crippen LogP contribution >= 0.6 is 0 Å². The Morgan fingerprint density at radius 3 is 2.56 bits per heavy atom. The second-order valence-corrected chi connectivity index (χ2v) is 2.34. The first-order chi connectivity index (χ1) is 4.14. The zero-order valence-electron chi connectivity index (χ0n) is 5.68. The second-order valence-electron chi connectivity index (χ2n) is 2.34. The van der Waals surface area contributed by atoms with E-state index in [0.29, 0.717) is 5.76 Å². The van der Waals surface area contributed by atoms with Crippen LogP contribution in [0, 0.1) is 0 Å². The van der Waals surface area contributed by atoms with E-state index in [2.05, 4.69) is 6.58 Å². The van der Waals surface area contributed by atoms with Crippen molar-refractivity contribution in [2.75, 3.05) is 0 Å². The average Bonchev–Trinajstić information content (AvgIpc) is 2.10. The molecule has 9 heavy (non-hydrogen) atoms. The fourth-order valence-electron chi connectivity index (χ4n) is 0.622. The van der Waals surface area contributed by atoms with E-state index < -0.39 is 5.79 Å². The molecule has 0 saturated heterocycles. The third-order valence-electron chi connectivity index (χ3n) is 1.02. The highest BCUT2D eigenvalue weighted by Gasteiger charge is 2.25. The van der Waals surface area contributed by atoms with E-state index in [1.54, 1.807) is 12.3 Å². The Labute approximate surface area is 54.8 Å². The zero-order valence-corrected chi connectivity index (χ0v) is 5.68. The SMILES string of the molecule is C=CC1=COC(C)(C)O1. The van der Waals surface area contributed by atoms with Crippen LogP contribution in [0.25, 0.3) is 0 Å². The molecular formula is C7H10O2. The largest absolute Gasteiger partial charge is 0.457 e. The highest BCUT2D eigenvalue weighted by Crippen LogP contribution is 2.23. The minimum atomic E-state index is -0.497. The van der Waals surface area contributed by atoms with Crippen molar-refractivity contribution in [2.45, 2.75) is 19.6 Å². The zero-order chi connectivity index (χ0) is 6.91. The number of hydrogen-bond acceptors (Lipinski definition) is 2. The summed E-state index contributed by atoms with van der Waals surface area (Å²) >= 11 is 0. The standard InChI is InChI=1S/C7H10O2/c1-4-6-5-8-7(2,3)9-6/h4-5H,1H2,2-3H3. The van der Waals surface area contributed by atoms with Gasteiger partial charge in [-0.15, -0.1) is 0 Å². The molecule has 0 bridgehead atoms. The van der Waals surface area contributed by atoms with Crippen LogP contribution in [0.2, 0.25) is 0 Å². The maximum atomic E-state index is 5.22. The van der Waals surface area contributed by atoms with Gasteiger partial charge in [-0.25, -0.2) is 0 Å². The summed E-state index contributed by atoms with van der Waals surface area (Å²) in [5.41, 5.74) is 0. The molecule has 1 aliphatic heterocycles. The molecule has 0 radical (unpaired) electrons. The van der Waals surface area contributed by atoms with Crippen molar-refractivity contribution in [3.05, 3.63) is 24.7 Å². The van der Waals surface area contributed by atoms with Gasteiger partial charge in [0, 0.05) is 13.8 Å². The molecule has 0 atom stereocenters. The summed E-state index contributed by atoms with van der Waals surface area (Å²) in [4.78, 5) is 0. The third kappa shape index (κ3) is 1.25. The molecule has 50 valence electrons. The molecule has 1 heterocycles. The monoisotopic (exact) mass is 126 g/mol. The lowest BCUT2D eigenvalue weighted by molar-refractivity contribution is -0.113. The maximum absolute atomic E-state index is 5.22. The summed E-state index contributed by atoms with van der Waals surface area (Å²) in [6, 6.07) is 0. The summed E-state index contributed by atoms with van der Waals surface area (Å²) in [5.74, 6) is 0.198. The van der Waals surface area contributed by atoms with Crippen LogP contribution in [0.1, 0.15) is 13.8 Å². The summed E-state index contributed by atoms with van der Waals surface area (Å²) in [6.45, 7) is 7.23. The predicted octanol–water partition coefficient (Wildman–Crippen LogP) is 1.80. The molecule has 1 aliphatic rings. The van der Waals surface area contributed by atoms with Crippen molar-refractivity contribution in [3.8, 4) is 0 Å². The maximum Gasteiger partial charge on any atom is 0.245 e. The Morgan fingerprint density at radius 2 is 2.33 bits per heavy atom. The molecule has 0 aliphatic carbocycles. The van der Waals surface area contributed by atoms with Gasteiger partial charge in [0.1, 0.15) is 6.26 Å². The lowest BCUT2D eigenvalue weighted by atomic mass is 10.4. The first-order valence-corrected chi connectivity index (χ1v) is 2.83. The van der Waals surface area contributed by atoms with E-state index in [0.717, 1.165) is 0 Å². The molecule has 0 N–H and O–H groups in total. The smallest absolute Gasteiger partial charge is 0.245 e. The number of hydrogen-bond donors (Lipinski definition) is 0. The van der Waals surface area contributed by atoms with Gasteiger partial charge in [0.25, 0.3) is 0 Å². The minimum absolute atomic E-state index is 0.497. The van der Waals surface area contributed by atoms with E-state index in [1.807, 2.05) is 13.8 Å². The Morgan fingerprint density at radius 1 is 1.67 bits per heavy atom. The fraction of sp³-hybridized carbons (Fsp3) is 0.429. The number of rotatable bonds is 1. The normalized spacial score (nSPS) is 21.8. The van der Waals surface area contributed by atoms with Gasteiger partial charge in [-0.3, -0.25) is 0 Å². The number of ether oxygens (including phenoxy) is 2. The predicted molar refractivity (Wildman–Crippen MR) is 34.5 cm³/mol. The molecule has 0 spiro atoms. The third-order valence-corrected chi connectivity index (χ3v) is 1.02. The molecule has 0 aromatic rings. The van der Waals surface area contributed by atoms with Crippen LogP contribution in [0.5, 0.6) is 0 Å². The van der Waals surface area contributed by atoms with Crippen LogP contribution in [0.4, 0.5) is 0 Å². The van der Waals surface area contributed by atoms with Gasteiger partial charge in [-0.2, -0.15) is 0 Å². The van der Waals surface area contributed by atoms with Gasteiger partial charge in [-0.05, 0) is 6.08 Å². The van der Waals surface area contributed by atoms with E-state index in [9.17, 15) is 0 Å². The van der Waals surface area contributed by atoms with E-state index >= 15 is 0 Å². The van der Waals surface area contributed by atoms with E-state index in [4.69, 9.17) is 9.47 Å². The van der Waals surface area contributed by atoms with Gasteiger partial charge in [-0.1, -0.05) is 6.58 Å². The van der Waals surface area contributed by atoms with Crippen LogP contribution in [0.15, 0.2) is 24.7 Å². The summed E-state index contributed by atoms with van der Waals surface area (Å²) < 4.78 is 10.3. The fourth-order valence-corrected chi connectivity index (χ4v) is 0.622. The van der Waals surface area contributed by atoms with Crippen molar-refractivity contribution >= 4 is 0 Å². The Bertz CT molecular complexity index is 156. The Kier molecular flexibility index (Phi) is 1.24. The van der Waals surface area contributed by atoms with Crippen LogP contribution < -0.4 is 0 Å². The topological polar surface area (TPSA) is 18.5 Å². The molecule has 2 nitrogen and oxygen atoms in total. The molecule has 1 rings (SSSR count). The highest BCUT2D eigenvalue weighted by molar-refractivity contribution is 5.09. The first-order valence-electron chi connectivity index (χ1n) is 2.83. The van der Waals surface area contributed by atoms with Crippen LogP contribution in [0.3, 0.4) is 0 Å². The van der Waals surface area contributed by atoms with Crippen molar-refractivity contribution in [3.63, 3.8) is 0 Å². The molecule has 0 unspecified atom stereocenters. The van der Waals surface area contributed by atoms with Gasteiger partial charge >= 0.3 is 0 Å². The first kappa shape index (κ1) is 6.20. The molecule has 0 aromatic heterocycles. The second kappa shape index (κ2) is 1.79. The van der Waals surface area contributed by atoms with E-state index in [1.165, 1.54) is 0 Å². The lowest BCUT2D eigenvalue weighted by Crippen LogP contribution is -2.19. The van der Waals surface area contributed by atoms with E-state index in [-0.39, 0.29) is 0 Å². The molecule has 0 saturated carbocycles. The van der Waals surface area contributed by atoms with Crippen LogP contribution in [-0.4, -0.2) is 5.79 Å². The van der Waals surface area contributed by atoms with Gasteiger partial charge < -0.3 is 9.47 Å². The summed E-state index contributed by atoms with van der Waals surface area (Å²) in [7, 11) is 0. The molecule has 0 aromatic carbocycles. The lowest BCUT2D eigenvalue weighted by Gasteiger charge is -2.16. The van der Waals surface area contributed by atoms with Gasteiger partial charge in [0.05, 0.1) is 0 Å². The van der Waals surface area contributed by atoms with Gasteiger partial charge in [0.2, 0.25) is 5.79 Å². The molecular weight excluding hydrogens is 116 g/mol. The Hall–Kier alpha value is -0.920. The summed E-state index contributed by atoms with van der Waals surface area (Å²) in [5, 5.41) is 0. The van der Waals surface area contributed by atoms with Crippen molar-refractivity contribution < 1.29 is 9.47 Å². The van der Waals surface area contributed by atoms with Crippen molar-refractivity contribution in [2.24, 2.45) is 0 Å². The van der Waals surface area contributed by atoms with Crippen LogP contribution in [-0.2, 0) is 9.47 Å². The Balaban J connectivity index is 2.59. The van der Waals surface area contributed by atoms with Crippen molar-refractivity contribution in [1.29, 1.82) is 0 Å². The van der Waals surface area contributed by atoms with Crippen molar-refractivity contribution in [1.82, 2.24) is 0 Å². The summed E-state index contributed by atoms with van der Waals surface area (Å²) in [6.07, 6.45) is 3.18. The van der Waals surface area contributed by atoms with Gasteiger partial charge in [0.15, 0.2) is 5.76 Å². The quantitative estimate of drug-likeness (QED) is 0.533. The molecule has 0 fully saturated rings. The number of allylic oxidation sites excluding steroid dienone is 1. The molecule has 2 heteroatoms. The highest BCUT2D eigenvalue weighted by atomic mass is 16.7. The molecule has 0 amide bonds. The average molecular weight is 126 g/mol. The minimum Gasteiger partial charge on any atom is -0.457 e.